The number of likely N-dealkylation sites (tertiary alicyclic amines) is 1. The number of piperidine rings is 1. The topological polar surface area (TPSA) is 107 Å². The van der Waals surface area contributed by atoms with Crippen LogP contribution >= 0.6 is 0 Å². The highest BCUT2D eigenvalue weighted by molar-refractivity contribution is 5.97. The number of nitrogens with zero attached hydrogens (tertiary/aromatic N) is 2. The molecule has 216 valence electrons. The molecular weight excluding hydrogens is 537 g/mol. The summed E-state index contributed by atoms with van der Waals surface area (Å²) >= 11 is 0. The van der Waals surface area contributed by atoms with Crippen molar-refractivity contribution in [3.63, 3.8) is 0 Å². The molecule has 1 saturated heterocycles. The van der Waals surface area contributed by atoms with Gasteiger partial charge in [0, 0.05) is 54.7 Å². The minimum Gasteiger partial charge on any atom is -0.487 e. The molecule has 2 aromatic carbocycles. The number of nitrogens with one attached hydrogen (secondary N) is 1. The smallest absolute Gasteiger partial charge is 0.410 e. The van der Waals surface area contributed by atoms with Crippen LogP contribution in [0.15, 0.2) is 36.4 Å². The fourth-order valence-electron chi connectivity index (χ4n) is 5.01. The second-order valence-electron chi connectivity index (χ2n) is 11.2. The lowest BCUT2D eigenvalue weighted by molar-refractivity contribution is 0.0123. The molecule has 5 rings (SSSR count). The van der Waals surface area contributed by atoms with E-state index in [0.29, 0.717) is 55.6 Å². The molecule has 0 radical (unpaired) electrons. The number of ether oxygens (including phenoxy) is 2. The Hall–Kier alpha value is -4.28. The molecule has 8 nitrogen and oxygen atoms in total. The zero-order chi connectivity index (χ0) is 29.5. The van der Waals surface area contributed by atoms with Gasteiger partial charge in [0.15, 0.2) is 11.6 Å². The first-order valence-electron chi connectivity index (χ1n) is 13.4. The summed E-state index contributed by atoms with van der Waals surface area (Å²) in [5.41, 5.74) is 7.02. The molecular formula is C30H31F3N4O4. The number of fused-ring (bicyclic) bond motifs is 1. The molecule has 0 bridgehead atoms. The number of halogens is 3. The molecule has 0 aliphatic carbocycles. The quantitative estimate of drug-likeness (QED) is 0.404. The van der Waals surface area contributed by atoms with Gasteiger partial charge in [0.25, 0.3) is 5.91 Å². The van der Waals surface area contributed by atoms with Gasteiger partial charge in [-0.3, -0.25) is 4.79 Å². The summed E-state index contributed by atoms with van der Waals surface area (Å²) in [6, 6.07) is 8.88. The minimum atomic E-state index is -1.28. The Balaban J connectivity index is 1.36. The first-order valence-corrected chi connectivity index (χ1v) is 13.4. The van der Waals surface area contributed by atoms with Crippen molar-refractivity contribution in [2.45, 2.75) is 51.7 Å². The monoisotopic (exact) mass is 568 g/mol. The highest BCUT2D eigenvalue weighted by Crippen LogP contribution is 2.36. The molecule has 2 amide bonds. The fraction of sp³-hybridized carbons (Fsp3) is 0.367. The van der Waals surface area contributed by atoms with E-state index in [1.807, 2.05) is 0 Å². The van der Waals surface area contributed by atoms with Gasteiger partial charge in [0.05, 0.1) is 0 Å². The van der Waals surface area contributed by atoms with Crippen molar-refractivity contribution in [2.24, 2.45) is 0 Å². The summed E-state index contributed by atoms with van der Waals surface area (Å²) in [4.78, 5) is 29.7. The number of anilines is 1. The highest BCUT2D eigenvalue weighted by Gasteiger charge is 2.29. The van der Waals surface area contributed by atoms with E-state index in [2.05, 4.69) is 10.3 Å². The van der Waals surface area contributed by atoms with Gasteiger partial charge in [-0.1, -0.05) is 12.1 Å². The van der Waals surface area contributed by atoms with Crippen molar-refractivity contribution < 1.29 is 32.2 Å². The van der Waals surface area contributed by atoms with Crippen molar-refractivity contribution in [3.8, 4) is 28.0 Å². The molecule has 0 unspecified atom stereocenters. The third kappa shape index (κ3) is 5.94. The van der Waals surface area contributed by atoms with E-state index >= 15 is 8.78 Å². The number of amides is 2. The van der Waals surface area contributed by atoms with E-state index in [-0.39, 0.29) is 28.6 Å². The van der Waals surface area contributed by atoms with Gasteiger partial charge in [-0.15, -0.1) is 0 Å². The normalized spacial score (nSPS) is 15.8. The second-order valence-corrected chi connectivity index (χ2v) is 11.2. The van der Waals surface area contributed by atoms with Gasteiger partial charge >= 0.3 is 6.09 Å². The molecule has 2 aliphatic rings. The average Bonchev–Trinajstić information content (AvgIpc) is 2.91. The first-order chi connectivity index (χ1) is 19.4. The number of pyridine rings is 1. The predicted molar refractivity (Wildman–Crippen MR) is 147 cm³/mol. The largest absolute Gasteiger partial charge is 0.487 e. The van der Waals surface area contributed by atoms with Crippen LogP contribution < -0.4 is 15.8 Å². The van der Waals surface area contributed by atoms with Crippen LogP contribution in [0.25, 0.3) is 22.3 Å². The van der Waals surface area contributed by atoms with Gasteiger partial charge in [0.2, 0.25) is 11.8 Å². The molecule has 1 fully saturated rings. The first kappa shape index (κ1) is 28.3. The highest BCUT2D eigenvalue weighted by atomic mass is 19.2. The van der Waals surface area contributed by atoms with E-state index in [1.165, 1.54) is 18.2 Å². The number of carbonyl (C=O) groups excluding carboxylic acids is 2. The van der Waals surface area contributed by atoms with E-state index in [9.17, 15) is 14.0 Å². The maximum Gasteiger partial charge on any atom is 0.410 e. The van der Waals surface area contributed by atoms with E-state index in [4.69, 9.17) is 15.2 Å². The number of hydrogen-bond donors (Lipinski definition) is 2. The molecule has 11 heteroatoms. The van der Waals surface area contributed by atoms with Crippen LogP contribution in [0.3, 0.4) is 0 Å². The summed E-state index contributed by atoms with van der Waals surface area (Å²) in [5, 5.41) is 2.77. The van der Waals surface area contributed by atoms with Crippen molar-refractivity contribution in [3.05, 3.63) is 65.1 Å². The molecule has 1 aromatic heterocycles. The minimum absolute atomic E-state index is 0.120. The number of aromatic nitrogens is 1. The molecule has 3 aromatic rings. The Labute approximate surface area is 235 Å². The van der Waals surface area contributed by atoms with Crippen molar-refractivity contribution in [2.75, 3.05) is 25.4 Å². The Kier molecular flexibility index (Phi) is 7.54. The zero-order valence-corrected chi connectivity index (χ0v) is 23.0. The molecule has 3 heterocycles. The van der Waals surface area contributed by atoms with Crippen LogP contribution in [0, 0.1) is 17.6 Å². The Morgan fingerprint density at radius 2 is 1.71 bits per heavy atom. The second kappa shape index (κ2) is 10.9. The van der Waals surface area contributed by atoms with Crippen LogP contribution in [0.5, 0.6) is 5.75 Å². The zero-order valence-electron chi connectivity index (χ0n) is 23.0. The van der Waals surface area contributed by atoms with Crippen LogP contribution in [0.2, 0.25) is 0 Å². The van der Waals surface area contributed by atoms with Crippen LogP contribution in [0.1, 0.15) is 49.5 Å². The third-order valence-corrected chi connectivity index (χ3v) is 7.07. The Morgan fingerprint density at radius 3 is 2.41 bits per heavy atom. The summed E-state index contributed by atoms with van der Waals surface area (Å²) in [6.07, 6.45) is 0.546. The predicted octanol–water partition coefficient (Wildman–Crippen LogP) is 5.48. The van der Waals surface area contributed by atoms with Crippen LogP contribution in [-0.4, -0.2) is 53.2 Å². The number of carbonyl (C=O) groups is 2. The number of benzene rings is 2. The number of nitrogens with two attached hydrogens (primary N) is 1. The SMILES string of the molecule is CC(C)(C)OC(=O)N1CCC(Oc2ccc(-c3cc(-c4ccc5c(c4)CCNC5=O)c(N)nc3F)c(F)c2F)CC1. The molecule has 2 aliphatic heterocycles. The standard InChI is InChI=1S/C30H31F3N4O4/c1-30(2,3)41-29(39)37-12-9-18(10-13-37)40-23-7-6-20(24(31)25(23)32)22-15-21(27(34)36-26(22)33)16-4-5-19-17(14-16)8-11-35-28(19)38/h4-7,14-15,18H,8-13H2,1-3H3,(H2,34,36)(H,35,38). The van der Waals surface area contributed by atoms with Crippen molar-refractivity contribution >= 4 is 17.8 Å². The molecule has 3 N–H and O–H groups in total. The van der Waals surface area contributed by atoms with E-state index in [0.717, 1.165) is 5.56 Å². The number of nitrogen functional groups attached to an aromatic ring is 1. The lowest BCUT2D eigenvalue weighted by Crippen LogP contribution is -2.44. The van der Waals surface area contributed by atoms with Gasteiger partial charge in [-0.05, 0) is 62.6 Å². The van der Waals surface area contributed by atoms with Gasteiger partial charge in [-0.25, -0.2) is 14.2 Å². The van der Waals surface area contributed by atoms with E-state index in [1.54, 1.807) is 43.9 Å². The molecule has 41 heavy (non-hydrogen) atoms. The van der Waals surface area contributed by atoms with Crippen molar-refractivity contribution in [1.82, 2.24) is 15.2 Å². The summed E-state index contributed by atoms with van der Waals surface area (Å²) in [7, 11) is 0. The van der Waals surface area contributed by atoms with E-state index < -0.39 is 35.4 Å². The van der Waals surface area contributed by atoms with Crippen molar-refractivity contribution in [1.29, 1.82) is 0 Å². The fourth-order valence-corrected chi connectivity index (χ4v) is 5.01. The van der Waals surface area contributed by atoms with Gasteiger partial charge in [0.1, 0.15) is 17.5 Å². The lowest BCUT2D eigenvalue weighted by Gasteiger charge is -2.33. The Bertz CT molecular complexity index is 1510. The Morgan fingerprint density at radius 1 is 1.00 bits per heavy atom. The average molecular weight is 569 g/mol. The van der Waals surface area contributed by atoms with Gasteiger partial charge in [-0.2, -0.15) is 8.78 Å². The van der Waals surface area contributed by atoms with Crippen LogP contribution in [-0.2, 0) is 11.2 Å². The number of hydrogen-bond acceptors (Lipinski definition) is 6. The summed E-state index contributed by atoms with van der Waals surface area (Å²) in [5.74, 6) is -4.20. The number of rotatable bonds is 4. The van der Waals surface area contributed by atoms with Gasteiger partial charge < -0.3 is 25.4 Å². The maximum atomic E-state index is 15.3. The molecule has 0 spiro atoms. The lowest BCUT2D eigenvalue weighted by atomic mass is 9.94. The maximum absolute atomic E-state index is 15.3. The third-order valence-electron chi connectivity index (χ3n) is 7.07. The molecule has 0 saturated carbocycles. The summed E-state index contributed by atoms with van der Waals surface area (Å²) < 4.78 is 56.5. The summed E-state index contributed by atoms with van der Waals surface area (Å²) in [6.45, 7) is 6.53. The van der Waals surface area contributed by atoms with Crippen LogP contribution in [0.4, 0.5) is 23.8 Å². The molecule has 0 atom stereocenters.